The minimum absolute atomic E-state index is 0.100. The number of carbonyl (C=O) groups excluding carboxylic acids is 1. The van der Waals surface area contributed by atoms with Crippen LogP contribution in [0.15, 0.2) is 41.8 Å². The highest BCUT2D eigenvalue weighted by molar-refractivity contribution is 7.10. The van der Waals surface area contributed by atoms with Gasteiger partial charge in [0.05, 0.1) is 13.0 Å². The maximum atomic E-state index is 11.3. The summed E-state index contributed by atoms with van der Waals surface area (Å²) < 4.78 is 1.58. The summed E-state index contributed by atoms with van der Waals surface area (Å²) in [6.45, 7) is 0.386. The normalized spacial score (nSPS) is 11.1. The maximum Gasteiger partial charge on any atom is 0.296 e. The average molecular weight is 380 g/mol. The highest BCUT2D eigenvalue weighted by atomic mass is 32.1. The lowest BCUT2D eigenvalue weighted by atomic mass is 10.2. The lowest BCUT2D eigenvalue weighted by Crippen LogP contribution is -2.13. The van der Waals surface area contributed by atoms with Gasteiger partial charge in [0.15, 0.2) is 22.8 Å². The smallest absolute Gasteiger partial charge is 0.296 e. The minimum atomic E-state index is -0.431. The van der Waals surface area contributed by atoms with E-state index in [0.717, 1.165) is 10.4 Å². The average Bonchev–Trinajstić information content (AvgIpc) is 3.21. The van der Waals surface area contributed by atoms with E-state index < -0.39 is 5.91 Å². The Balaban J connectivity index is 1.84. The predicted molar refractivity (Wildman–Crippen MR) is 103 cm³/mol. The van der Waals surface area contributed by atoms with Gasteiger partial charge >= 0.3 is 0 Å². The molecule has 5 N–H and O–H groups in total. The molecular weight excluding hydrogens is 364 g/mol. The van der Waals surface area contributed by atoms with Crippen molar-refractivity contribution in [2.75, 3.05) is 5.73 Å². The minimum Gasteiger partial charge on any atom is -0.480 e. The topological polar surface area (TPSA) is 133 Å². The largest absolute Gasteiger partial charge is 0.480 e. The fraction of sp³-hybridized carbons (Fsp3) is 0.111. The first-order chi connectivity index (χ1) is 13.0. The molecule has 0 aliphatic carbocycles. The van der Waals surface area contributed by atoms with Gasteiger partial charge in [-0.2, -0.15) is 4.98 Å². The molecule has 3 heterocycles. The number of nitrogens with two attached hydrogens (primary N) is 2. The number of fused-ring (bicyclic) bond motifs is 1. The molecule has 1 amide bonds. The van der Waals surface area contributed by atoms with Crippen LogP contribution in [0.4, 0.5) is 5.82 Å². The van der Waals surface area contributed by atoms with Gasteiger partial charge in [-0.05, 0) is 17.0 Å². The first kappa shape index (κ1) is 17.0. The molecule has 0 atom stereocenters. The molecule has 27 heavy (non-hydrogen) atoms. The summed E-state index contributed by atoms with van der Waals surface area (Å²) >= 11 is 1.40. The molecule has 4 rings (SSSR count). The highest BCUT2D eigenvalue weighted by Gasteiger charge is 2.19. The lowest BCUT2D eigenvalue weighted by molar-refractivity contribution is -0.117. The summed E-state index contributed by atoms with van der Waals surface area (Å²) in [7, 11) is 0. The quantitative estimate of drug-likeness (QED) is 0.484. The molecule has 136 valence electrons. The summed E-state index contributed by atoms with van der Waals surface area (Å²) in [5, 5.41) is 12.1. The second-order valence-electron chi connectivity index (χ2n) is 5.99. The van der Waals surface area contributed by atoms with Gasteiger partial charge < -0.3 is 16.6 Å². The monoisotopic (exact) mass is 380 g/mol. The van der Waals surface area contributed by atoms with Crippen LogP contribution in [0, 0.1) is 0 Å². The molecule has 3 aromatic heterocycles. The third-order valence-corrected chi connectivity index (χ3v) is 5.03. The Kier molecular flexibility index (Phi) is 4.21. The third-order valence-electron chi connectivity index (χ3n) is 4.11. The number of aromatic nitrogens is 4. The van der Waals surface area contributed by atoms with E-state index in [2.05, 4.69) is 15.0 Å². The molecule has 4 aromatic rings. The zero-order valence-electron chi connectivity index (χ0n) is 14.2. The van der Waals surface area contributed by atoms with Gasteiger partial charge in [0.25, 0.3) is 6.01 Å². The summed E-state index contributed by atoms with van der Waals surface area (Å²) in [4.78, 5) is 25.0. The van der Waals surface area contributed by atoms with Gasteiger partial charge in [0.2, 0.25) is 5.91 Å². The Morgan fingerprint density at radius 1 is 1.15 bits per heavy atom. The number of carbonyl (C=O) groups is 1. The Morgan fingerprint density at radius 3 is 2.67 bits per heavy atom. The molecule has 0 aliphatic rings. The van der Waals surface area contributed by atoms with Crippen molar-refractivity contribution in [1.29, 1.82) is 0 Å². The molecule has 0 spiro atoms. The van der Waals surface area contributed by atoms with Crippen molar-refractivity contribution < 1.29 is 9.90 Å². The number of amides is 1. The van der Waals surface area contributed by atoms with Gasteiger partial charge in [-0.1, -0.05) is 30.3 Å². The first-order valence-corrected chi connectivity index (χ1v) is 9.02. The molecule has 1 aromatic carbocycles. The van der Waals surface area contributed by atoms with Crippen LogP contribution in [-0.2, 0) is 17.8 Å². The molecular formula is C18H16N6O2S. The summed E-state index contributed by atoms with van der Waals surface area (Å²) in [6, 6.07) is 11.3. The molecule has 0 saturated heterocycles. The van der Waals surface area contributed by atoms with E-state index in [1.54, 1.807) is 4.57 Å². The second-order valence-corrected chi connectivity index (χ2v) is 6.99. The van der Waals surface area contributed by atoms with Crippen molar-refractivity contribution in [3.63, 3.8) is 0 Å². The zero-order chi connectivity index (χ0) is 19.0. The van der Waals surface area contributed by atoms with E-state index in [0.29, 0.717) is 29.1 Å². The van der Waals surface area contributed by atoms with Gasteiger partial charge in [-0.25, -0.2) is 9.97 Å². The van der Waals surface area contributed by atoms with Crippen molar-refractivity contribution >= 4 is 34.2 Å². The number of nitrogen functional groups attached to an aromatic ring is 1. The van der Waals surface area contributed by atoms with E-state index in [1.165, 1.54) is 11.3 Å². The fourth-order valence-electron chi connectivity index (χ4n) is 2.88. The number of hydrogen-bond acceptors (Lipinski definition) is 7. The third kappa shape index (κ3) is 3.20. The Bertz CT molecular complexity index is 1140. The van der Waals surface area contributed by atoms with Crippen LogP contribution in [0.25, 0.3) is 22.6 Å². The number of aromatic hydroxyl groups is 1. The van der Waals surface area contributed by atoms with Gasteiger partial charge in [-0.3, -0.25) is 9.36 Å². The molecule has 9 heteroatoms. The van der Waals surface area contributed by atoms with E-state index >= 15 is 0 Å². The summed E-state index contributed by atoms with van der Waals surface area (Å²) in [5.74, 6) is 0.0968. The number of benzene rings is 1. The van der Waals surface area contributed by atoms with Crippen molar-refractivity contribution in [2.24, 2.45) is 5.73 Å². The van der Waals surface area contributed by atoms with Crippen molar-refractivity contribution in [2.45, 2.75) is 13.0 Å². The van der Waals surface area contributed by atoms with Crippen molar-refractivity contribution in [3.05, 3.63) is 52.2 Å². The van der Waals surface area contributed by atoms with E-state index in [-0.39, 0.29) is 18.2 Å². The standard InChI is InChI=1S/C18H16N6O2S/c19-13(25)8-12-11(6-7-27-12)16-22-15(20)14-17(23-16)24(18(26)21-14)9-10-4-2-1-3-5-10/h1-7H,8-9H2,(H2,19,25)(H,21,26)(H2,20,22,23). The molecule has 0 radical (unpaired) electrons. The molecule has 0 unspecified atom stereocenters. The van der Waals surface area contributed by atoms with Crippen LogP contribution in [0.1, 0.15) is 10.4 Å². The number of anilines is 1. The fourth-order valence-corrected chi connectivity index (χ4v) is 3.76. The molecule has 8 nitrogen and oxygen atoms in total. The first-order valence-electron chi connectivity index (χ1n) is 8.14. The maximum absolute atomic E-state index is 11.3. The number of primary amides is 1. The second kappa shape index (κ2) is 6.69. The highest BCUT2D eigenvalue weighted by Crippen LogP contribution is 2.30. The Labute approximate surface area is 158 Å². The van der Waals surface area contributed by atoms with E-state index in [4.69, 9.17) is 11.5 Å². The Hall–Kier alpha value is -3.46. The van der Waals surface area contributed by atoms with Gasteiger partial charge in [0, 0.05) is 10.4 Å². The van der Waals surface area contributed by atoms with Crippen LogP contribution in [0.5, 0.6) is 6.01 Å². The van der Waals surface area contributed by atoms with Crippen molar-refractivity contribution in [1.82, 2.24) is 19.5 Å². The summed E-state index contributed by atoms with van der Waals surface area (Å²) in [5.41, 5.74) is 13.8. The predicted octanol–water partition coefficient (Wildman–Crippen LogP) is 1.92. The molecule has 0 aliphatic heterocycles. The Morgan fingerprint density at radius 2 is 1.93 bits per heavy atom. The van der Waals surface area contributed by atoms with Crippen LogP contribution in [0.2, 0.25) is 0 Å². The molecule has 0 saturated carbocycles. The van der Waals surface area contributed by atoms with E-state index in [1.807, 2.05) is 41.8 Å². The van der Waals surface area contributed by atoms with E-state index in [9.17, 15) is 9.90 Å². The van der Waals surface area contributed by atoms with Gasteiger partial charge in [-0.15, -0.1) is 11.3 Å². The number of hydrogen-bond donors (Lipinski definition) is 3. The molecule has 0 fully saturated rings. The molecule has 0 bridgehead atoms. The van der Waals surface area contributed by atoms with Crippen LogP contribution in [0.3, 0.4) is 0 Å². The van der Waals surface area contributed by atoms with Gasteiger partial charge in [0.1, 0.15) is 0 Å². The van der Waals surface area contributed by atoms with Crippen LogP contribution in [-0.4, -0.2) is 30.5 Å². The SMILES string of the molecule is NC(=O)Cc1sccc1-c1nc(N)c2nc(O)n(Cc3ccccc3)c2n1. The number of thiophene rings is 1. The number of rotatable bonds is 5. The lowest BCUT2D eigenvalue weighted by Gasteiger charge is -2.07. The summed E-state index contributed by atoms with van der Waals surface area (Å²) in [6.07, 6.45) is 0.100. The number of imidazole rings is 1. The van der Waals surface area contributed by atoms with Crippen molar-refractivity contribution in [3.8, 4) is 17.4 Å². The zero-order valence-corrected chi connectivity index (χ0v) is 15.0. The van der Waals surface area contributed by atoms with Crippen LogP contribution < -0.4 is 11.5 Å². The van der Waals surface area contributed by atoms with Crippen LogP contribution >= 0.6 is 11.3 Å². The number of nitrogens with zero attached hydrogens (tertiary/aromatic N) is 4.